The lowest BCUT2D eigenvalue weighted by molar-refractivity contribution is 0.0996. The molecule has 6 nitrogen and oxygen atoms in total. The summed E-state index contributed by atoms with van der Waals surface area (Å²) in [6, 6.07) is 8.85. The normalized spacial score (nSPS) is 10.1. The van der Waals surface area contributed by atoms with Crippen LogP contribution in [0.5, 0.6) is 0 Å². The van der Waals surface area contributed by atoms with E-state index in [1.807, 2.05) is 18.2 Å². The van der Waals surface area contributed by atoms with E-state index in [9.17, 15) is 4.79 Å². The number of rotatable bonds is 5. The predicted molar refractivity (Wildman–Crippen MR) is 73.6 cm³/mol. The lowest BCUT2D eigenvalue weighted by Crippen LogP contribution is -2.16. The quantitative estimate of drug-likeness (QED) is 0.734. The van der Waals surface area contributed by atoms with Crippen LogP contribution in [0.15, 0.2) is 36.5 Å². The third-order valence-electron chi connectivity index (χ3n) is 2.58. The first kappa shape index (κ1) is 12.8. The number of carbonyl (C=O) groups is 1. The molecule has 1 amide bonds. The van der Waals surface area contributed by atoms with Crippen LogP contribution in [0.3, 0.4) is 0 Å². The Labute approximate surface area is 110 Å². The smallest absolute Gasteiger partial charge is 0.267 e. The molecule has 2 heterocycles. The largest absolute Gasteiger partial charge is 0.396 e. The van der Waals surface area contributed by atoms with Crippen molar-refractivity contribution in [2.45, 2.75) is 6.42 Å². The summed E-state index contributed by atoms with van der Waals surface area (Å²) in [4.78, 5) is 19.3. The number of nitrogens with two attached hydrogens (primary N) is 2. The maximum Gasteiger partial charge on any atom is 0.267 e. The minimum Gasteiger partial charge on any atom is -0.396 e. The Morgan fingerprint density at radius 1 is 1.26 bits per heavy atom. The number of aromatic nitrogens is 2. The van der Waals surface area contributed by atoms with Gasteiger partial charge in [0.1, 0.15) is 11.5 Å². The molecular weight excluding hydrogens is 242 g/mol. The van der Waals surface area contributed by atoms with E-state index >= 15 is 0 Å². The highest BCUT2D eigenvalue weighted by atomic mass is 16.1. The average molecular weight is 257 g/mol. The van der Waals surface area contributed by atoms with Crippen LogP contribution >= 0.6 is 0 Å². The number of amides is 1. The molecule has 2 aromatic rings. The molecule has 0 radical (unpaired) electrons. The molecule has 6 heteroatoms. The molecule has 0 aliphatic rings. The summed E-state index contributed by atoms with van der Waals surface area (Å²) in [5, 5.41) is 3.07. The van der Waals surface area contributed by atoms with Crippen LogP contribution in [0.1, 0.15) is 16.2 Å². The van der Waals surface area contributed by atoms with Gasteiger partial charge in [0, 0.05) is 24.9 Å². The SMILES string of the molecule is NC(=O)c1ccc(N)c(NCCc2ccccn2)n1. The second kappa shape index (κ2) is 5.81. The van der Waals surface area contributed by atoms with Crippen molar-refractivity contribution >= 4 is 17.4 Å². The summed E-state index contributed by atoms with van der Waals surface area (Å²) in [6.07, 6.45) is 2.48. The number of carbonyl (C=O) groups excluding carboxylic acids is 1. The van der Waals surface area contributed by atoms with Gasteiger partial charge in [0.25, 0.3) is 5.91 Å². The Morgan fingerprint density at radius 2 is 2.11 bits per heavy atom. The summed E-state index contributed by atoms with van der Waals surface area (Å²) in [5.41, 5.74) is 12.6. The number of anilines is 2. The van der Waals surface area contributed by atoms with Gasteiger partial charge >= 0.3 is 0 Å². The average Bonchev–Trinajstić information content (AvgIpc) is 2.42. The van der Waals surface area contributed by atoms with Crippen molar-refractivity contribution < 1.29 is 4.79 Å². The molecule has 98 valence electrons. The fourth-order valence-electron chi connectivity index (χ4n) is 1.60. The van der Waals surface area contributed by atoms with E-state index < -0.39 is 5.91 Å². The van der Waals surface area contributed by atoms with Gasteiger partial charge in [0.15, 0.2) is 0 Å². The Hall–Kier alpha value is -2.63. The summed E-state index contributed by atoms with van der Waals surface area (Å²) in [6.45, 7) is 0.621. The van der Waals surface area contributed by atoms with E-state index in [1.54, 1.807) is 12.3 Å². The number of primary amides is 1. The van der Waals surface area contributed by atoms with Crippen molar-refractivity contribution in [2.24, 2.45) is 5.73 Å². The Morgan fingerprint density at radius 3 is 2.79 bits per heavy atom. The maximum atomic E-state index is 11.0. The van der Waals surface area contributed by atoms with Crippen LogP contribution in [0.25, 0.3) is 0 Å². The molecule has 0 aromatic carbocycles. The summed E-state index contributed by atoms with van der Waals surface area (Å²) in [5.74, 6) is -0.111. The van der Waals surface area contributed by atoms with Crippen molar-refractivity contribution in [1.29, 1.82) is 0 Å². The van der Waals surface area contributed by atoms with E-state index in [2.05, 4.69) is 15.3 Å². The molecule has 19 heavy (non-hydrogen) atoms. The molecule has 0 bridgehead atoms. The first-order valence-corrected chi connectivity index (χ1v) is 5.87. The number of nitrogens with one attached hydrogen (secondary N) is 1. The highest BCUT2D eigenvalue weighted by Crippen LogP contribution is 2.15. The molecule has 2 rings (SSSR count). The maximum absolute atomic E-state index is 11.0. The van der Waals surface area contributed by atoms with E-state index in [0.29, 0.717) is 18.1 Å². The number of nitrogens with zero attached hydrogens (tertiary/aromatic N) is 2. The van der Waals surface area contributed by atoms with Crippen LogP contribution in [0, 0.1) is 0 Å². The molecule has 0 saturated carbocycles. The first-order chi connectivity index (χ1) is 9.16. The molecule has 0 spiro atoms. The standard InChI is InChI=1S/C13H15N5O/c14-10-4-5-11(12(15)19)18-13(10)17-8-6-9-3-1-2-7-16-9/h1-5,7H,6,8,14H2,(H2,15,19)(H,17,18). The van der Waals surface area contributed by atoms with Crippen LogP contribution in [-0.2, 0) is 6.42 Å². The van der Waals surface area contributed by atoms with Crippen molar-refractivity contribution in [3.05, 3.63) is 47.9 Å². The van der Waals surface area contributed by atoms with Gasteiger partial charge in [-0.1, -0.05) is 6.07 Å². The minimum absolute atomic E-state index is 0.189. The zero-order valence-corrected chi connectivity index (χ0v) is 10.3. The van der Waals surface area contributed by atoms with Gasteiger partial charge < -0.3 is 16.8 Å². The van der Waals surface area contributed by atoms with Gasteiger partial charge in [-0.25, -0.2) is 4.98 Å². The first-order valence-electron chi connectivity index (χ1n) is 5.87. The summed E-state index contributed by atoms with van der Waals surface area (Å²) < 4.78 is 0. The zero-order chi connectivity index (χ0) is 13.7. The van der Waals surface area contributed by atoms with Gasteiger partial charge in [-0.15, -0.1) is 0 Å². The highest BCUT2D eigenvalue weighted by Gasteiger charge is 2.06. The van der Waals surface area contributed by atoms with E-state index in [1.165, 1.54) is 6.07 Å². The topological polar surface area (TPSA) is 107 Å². The Kier molecular flexibility index (Phi) is 3.92. The van der Waals surface area contributed by atoms with Crippen LogP contribution in [-0.4, -0.2) is 22.4 Å². The summed E-state index contributed by atoms with van der Waals surface area (Å²) >= 11 is 0. The zero-order valence-electron chi connectivity index (χ0n) is 10.3. The second-order valence-electron chi connectivity index (χ2n) is 4.00. The molecule has 0 saturated heterocycles. The monoisotopic (exact) mass is 257 g/mol. The number of nitrogen functional groups attached to an aromatic ring is 1. The third kappa shape index (κ3) is 3.41. The Bertz CT molecular complexity index is 571. The van der Waals surface area contributed by atoms with Crippen LogP contribution in [0.2, 0.25) is 0 Å². The molecule has 0 atom stereocenters. The van der Waals surface area contributed by atoms with E-state index in [4.69, 9.17) is 11.5 Å². The molecule has 2 aromatic heterocycles. The number of hydrogen-bond acceptors (Lipinski definition) is 5. The Balaban J connectivity index is 1.99. The molecule has 0 aliphatic carbocycles. The van der Waals surface area contributed by atoms with Crippen LogP contribution in [0.4, 0.5) is 11.5 Å². The van der Waals surface area contributed by atoms with Crippen molar-refractivity contribution in [2.75, 3.05) is 17.6 Å². The highest BCUT2D eigenvalue weighted by molar-refractivity contribution is 5.91. The molecular formula is C13H15N5O. The van der Waals surface area contributed by atoms with Gasteiger partial charge in [-0.05, 0) is 24.3 Å². The van der Waals surface area contributed by atoms with E-state index in [-0.39, 0.29) is 5.69 Å². The fourth-order valence-corrected chi connectivity index (χ4v) is 1.60. The predicted octanol–water partition coefficient (Wildman–Crippen LogP) is 0.812. The van der Waals surface area contributed by atoms with Crippen molar-refractivity contribution in [3.8, 4) is 0 Å². The third-order valence-corrected chi connectivity index (χ3v) is 2.58. The second-order valence-corrected chi connectivity index (χ2v) is 4.00. The van der Waals surface area contributed by atoms with E-state index in [0.717, 1.165) is 12.1 Å². The number of pyridine rings is 2. The lowest BCUT2D eigenvalue weighted by Gasteiger charge is -2.08. The lowest BCUT2D eigenvalue weighted by atomic mass is 10.2. The number of hydrogen-bond donors (Lipinski definition) is 3. The molecule has 0 unspecified atom stereocenters. The van der Waals surface area contributed by atoms with Gasteiger partial charge in [-0.2, -0.15) is 0 Å². The van der Waals surface area contributed by atoms with Crippen LogP contribution < -0.4 is 16.8 Å². The molecule has 0 aliphatic heterocycles. The molecule has 5 N–H and O–H groups in total. The van der Waals surface area contributed by atoms with Crippen molar-refractivity contribution in [3.63, 3.8) is 0 Å². The van der Waals surface area contributed by atoms with Crippen molar-refractivity contribution in [1.82, 2.24) is 9.97 Å². The van der Waals surface area contributed by atoms with Gasteiger partial charge in [-0.3, -0.25) is 9.78 Å². The van der Waals surface area contributed by atoms with Gasteiger partial charge in [0.05, 0.1) is 5.69 Å². The van der Waals surface area contributed by atoms with Gasteiger partial charge in [0.2, 0.25) is 0 Å². The summed E-state index contributed by atoms with van der Waals surface area (Å²) in [7, 11) is 0. The minimum atomic E-state index is -0.576. The molecule has 0 fully saturated rings. The fraction of sp³-hybridized carbons (Fsp3) is 0.154.